The number of hydrogen-bond acceptors (Lipinski definition) is 3. The van der Waals surface area contributed by atoms with Crippen molar-refractivity contribution < 1.29 is 4.74 Å². The molecule has 1 aromatic heterocycles. The molecule has 1 atom stereocenters. The van der Waals surface area contributed by atoms with Crippen LogP contribution in [0.5, 0.6) is 0 Å². The van der Waals surface area contributed by atoms with Gasteiger partial charge in [0.1, 0.15) is 0 Å². The number of thiocarbonyl (C=S) groups is 1. The zero-order valence-corrected chi connectivity index (χ0v) is 15.0. The molecule has 0 aliphatic carbocycles. The second-order valence-electron chi connectivity index (χ2n) is 6.10. The van der Waals surface area contributed by atoms with Gasteiger partial charge in [0, 0.05) is 31.0 Å². The standard InChI is InChI=1S/C18H24N4OS/c1-13-17(12-20-18(24)19-11-16-9-6-10-23-16)14(2)22(21-13)15-7-4-3-5-8-15/h3-5,7-8,16H,6,9-12H2,1-2H3,(H2,19,20,24)/t16-/m0/s1. The summed E-state index contributed by atoms with van der Waals surface area (Å²) >= 11 is 5.37. The second-order valence-corrected chi connectivity index (χ2v) is 6.50. The highest BCUT2D eigenvalue weighted by Gasteiger charge is 2.16. The summed E-state index contributed by atoms with van der Waals surface area (Å²) in [7, 11) is 0. The van der Waals surface area contributed by atoms with E-state index in [-0.39, 0.29) is 6.10 Å². The molecule has 0 saturated carbocycles. The van der Waals surface area contributed by atoms with Crippen LogP contribution in [0, 0.1) is 13.8 Å². The van der Waals surface area contributed by atoms with Gasteiger partial charge in [-0.15, -0.1) is 0 Å². The van der Waals surface area contributed by atoms with Gasteiger partial charge in [-0.05, 0) is 51.0 Å². The maximum Gasteiger partial charge on any atom is 0.166 e. The van der Waals surface area contributed by atoms with Crippen LogP contribution < -0.4 is 10.6 Å². The van der Waals surface area contributed by atoms with Crippen LogP contribution in [0.2, 0.25) is 0 Å². The maximum absolute atomic E-state index is 5.59. The Hall–Kier alpha value is -1.92. The van der Waals surface area contributed by atoms with E-state index in [0.29, 0.717) is 11.7 Å². The summed E-state index contributed by atoms with van der Waals surface area (Å²) in [6.07, 6.45) is 2.54. The predicted octanol–water partition coefficient (Wildman–Crippen LogP) is 2.63. The molecule has 1 aromatic carbocycles. The Kier molecular flexibility index (Phi) is 5.48. The number of hydrogen-bond donors (Lipinski definition) is 2. The Bertz CT molecular complexity index is 693. The number of para-hydroxylation sites is 1. The van der Waals surface area contributed by atoms with Gasteiger partial charge >= 0.3 is 0 Å². The van der Waals surface area contributed by atoms with Crippen molar-refractivity contribution >= 4 is 17.3 Å². The third-order valence-electron chi connectivity index (χ3n) is 4.38. The van der Waals surface area contributed by atoms with Crippen LogP contribution >= 0.6 is 12.2 Å². The van der Waals surface area contributed by atoms with Gasteiger partial charge in [-0.2, -0.15) is 5.10 Å². The molecule has 0 spiro atoms. The lowest BCUT2D eigenvalue weighted by molar-refractivity contribution is 0.114. The molecule has 0 bridgehead atoms. The predicted molar refractivity (Wildman–Crippen MR) is 99.5 cm³/mol. The van der Waals surface area contributed by atoms with Crippen LogP contribution in [0.1, 0.15) is 29.8 Å². The second kappa shape index (κ2) is 7.77. The molecular formula is C18H24N4OS. The van der Waals surface area contributed by atoms with Crippen molar-refractivity contribution in [3.8, 4) is 5.69 Å². The Labute approximate surface area is 148 Å². The molecule has 6 heteroatoms. The van der Waals surface area contributed by atoms with Crippen LogP contribution in [0.15, 0.2) is 30.3 Å². The van der Waals surface area contributed by atoms with Crippen molar-refractivity contribution in [3.05, 3.63) is 47.3 Å². The number of ether oxygens (including phenoxy) is 1. The molecule has 0 unspecified atom stereocenters. The van der Waals surface area contributed by atoms with Crippen LogP contribution in [0.4, 0.5) is 0 Å². The zero-order valence-electron chi connectivity index (χ0n) is 14.2. The average Bonchev–Trinajstić information content (AvgIpc) is 3.21. The van der Waals surface area contributed by atoms with Gasteiger partial charge in [-0.1, -0.05) is 18.2 Å². The van der Waals surface area contributed by atoms with Crippen molar-refractivity contribution in [2.45, 2.75) is 39.3 Å². The molecule has 1 aliphatic heterocycles. The van der Waals surface area contributed by atoms with Gasteiger partial charge in [-0.25, -0.2) is 4.68 Å². The lowest BCUT2D eigenvalue weighted by Gasteiger charge is -2.14. The summed E-state index contributed by atoms with van der Waals surface area (Å²) in [6, 6.07) is 10.2. The van der Waals surface area contributed by atoms with Gasteiger partial charge in [0.05, 0.1) is 17.5 Å². The van der Waals surface area contributed by atoms with Crippen molar-refractivity contribution in [1.82, 2.24) is 20.4 Å². The number of rotatable bonds is 5. The van der Waals surface area contributed by atoms with Gasteiger partial charge in [-0.3, -0.25) is 0 Å². The highest BCUT2D eigenvalue weighted by Crippen LogP contribution is 2.17. The van der Waals surface area contributed by atoms with E-state index >= 15 is 0 Å². The zero-order chi connectivity index (χ0) is 16.9. The molecule has 2 N–H and O–H groups in total. The van der Waals surface area contributed by atoms with Crippen molar-refractivity contribution in [2.75, 3.05) is 13.2 Å². The Morgan fingerprint density at radius 3 is 2.79 bits per heavy atom. The molecule has 0 radical (unpaired) electrons. The van der Waals surface area contributed by atoms with Crippen molar-refractivity contribution in [3.63, 3.8) is 0 Å². The first kappa shape index (κ1) is 16.9. The maximum atomic E-state index is 5.59. The number of aryl methyl sites for hydroxylation is 1. The largest absolute Gasteiger partial charge is 0.376 e. The summed E-state index contributed by atoms with van der Waals surface area (Å²) < 4.78 is 7.57. The molecular weight excluding hydrogens is 320 g/mol. The lowest BCUT2D eigenvalue weighted by Crippen LogP contribution is -2.39. The van der Waals surface area contributed by atoms with E-state index in [2.05, 4.69) is 34.8 Å². The molecule has 2 aromatic rings. The van der Waals surface area contributed by atoms with Crippen LogP contribution in [-0.4, -0.2) is 34.1 Å². The third-order valence-corrected chi connectivity index (χ3v) is 4.67. The number of benzene rings is 1. The Balaban J connectivity index is 1.59. The number of nitrogens with zero attached hydrogens (tertiary/aromatic N) is 2. The molecule has 1 aliphatic rings. The van der Waals surface area contributed by atoms with Gasteiger partial charge in [0.2, 0.25) is 0 Å². The van der Waals surface area contributed by atoms with E-state index in [1.807, 2.05) is 29.8 Å². The van der Waals surface area contributed by atoms with E-state index < -0.39 is 0 Å². The third kappa shape index (κ3) is 3.94. The molecule has 5 nitrogen and oxygen atoms in total. The Morgan fingerprint density at radius 1 is 1.29 bits per heavy atom. The topological polar surface area (TPSA) is 51.1 Å². The fraction of sp³-hybridized carbons (Fsp3) is 0.444. The number of nitrogens with one attached hydrogen (secondary N) is 2. The first-order valence-corrected chi connectivity index (χ1v) is 8.80. The summed E-state index contributed by atoms with van der Waals surface area (Å²) in [5, 5.41) is 11.8. The highest BCUT2D eigenvalue weighted by molar-refractivity contribution is 7.80. The summed E-state index contributed by atoms with van der Waals surface area (Å²) in [6.45, 7) is 6.43. The molecule has 0 amide bonds. The van der Waals surface area contributed by atoms with E-state index in [4.69, 9.17) is 17.0 Å². The van der Waals surface area contributed by atoms with E-state index in [0.717, 1.165) is 43.1 Å². The molecule has 1 fully saturated rings. The summed E-state index contributed by atoms with van der Waals surface area (Å²) in [5.74, 6) is 0. The summed E-state index contributed by atoms with van der Waals surface area (Å²) in [5.41, 5.74) is 4.41. The molecule has 1 saturated heterocycles. The smallest absolute Gasteiger partial charge is 0.166 e. The normalized spacial score (nSPS) is 17.0. The first-order valence-electron chi connectivity index (χ1n) is 8.39. The van der Waals surface area contributed by atoms with Crippen LogP contribution in [-0.2, 0) is 11.3 Å². The fourth-order valence-electron chi connectivity index (χ4n) is 2.99. The van der Waals surface area contributed by atoms with Crippen LogP contribution in [0.25, 0.3) is 5.69 Å². The minimum absolute atomic E-state index is 0.286. The van der Waals surface area contributed by atoms with Crippen molar-refractivity contribution in [2.24, 2.45) is 0 Å². The fourth-order valence-corrected chi connectivity index (χ4v) is 3.15. The molecule has 2 heterocycles. The van der Waals surface area contributed by atoms with Crippen LogP contribution in [0.3, 0.4) is 0 Å². The van der Waals surface area contributed by atoms with Gasteiger partial charge in [0.25, 0.3) is 0 Å². The SMILES string of the molecule is Cc1nn(-c2ccccc2)c(C)c1CNC(=S)NC[C@@H]1CCCO1. The van der Waals surface area contributed by atoms with Gasteiger partial charge in [0.15, 0.2) is 5.11 Å². The monoisotopic (exact) mass is 344 g/mol. The highest BCUT2D eigenvalue weighted by atomic mass is 32.1. The minimum atomic E-state index is 0.286. The van der Waals surface area contributed by atoms with E-state index in [9.17, 15) is 0 Å². The average molecular weight is 344 g/mol. The Morgan fingerprint density at radius 2 is 2.08 bits per heavy atom. The summed E-state index contributed by atoms with van der Waals surface area (Å²) in [4.78, 5) is 0. The lowest BCUT2D eigenvalue weighted by atomic mass is 10.2. The molecule has 128 valence electrons. The van der Waals surface area contributed by atoms with E-state index in [1.165, 1.54) is 5.56 Å². The quantitative estimate of drug-likeness (QED) is 0.817. The minimum Gasteiger partial charge on any atom is -0.376 e. The number of aromatic nitrogens is 2. The first-order chi connectivity index (χ1) is 11.6. The molecule has 24 heavy (non-hydrogen) atoms. The van der Waals surface area contributed by atoms with E-state index in [1.54, 1.807) is 0 Å². The molecule has 3 rings (SSSR count). The van der Waals surface area contributed by atoms with Crippen molar-refractivity contribution in [1.29, 1.82) is 0 Å². The van der Waals surface area contributed by atoms with Gasteiger partial charge < -0.3 is 15.4 Å².